The monoisotopic (exact) mass is 372 g/mol. The van der Waals surface area contributed by atoms with E-state index in [1.165, 1.54) is 48.8 Å². The summed E-state index contributed by atoms with van der Waals surface area (Å²) in [4.78, 5) is 11.7. The highest BCUT2D eigenvalue weighted by Gasteiger charge is 2.28. The van der Waals surface area contributed by atoms with Gasteiger partial charge in [0.05, 0.1) is 12.5 Å². The van der Waals surface area contributed by atoms with Gasteiger partial charge in [0.25, 0.3) is 0 Å². The predicted octanol–water partition coefficient (Wildman–Crippen LogP) is 5.92. The largest absolute Gasteiger partial charge is 0.493 e. The smallest absolute Gasteiger partial charge is 0.308 e. The SMILES string of the molecule is Cc1ccc(OCC2CCC(CCC3CCC(C)C(=O)O3)CC2)c(C)c1C. The first-order valence-electron chi connectivity index (χ1n) is 10.8. The fraction of sp³-hybridized carbons (Fsp3) is 0.708. The minimum absolute atomic E-state index is 0.00810. The van der Waals surface area contributed by atoms with Crippen molar-refractivity contribution < 1.29 is 14.3 Å². The second-order valence-corrected chi connectivity index (χ2v) is 8.94. The molecule has 0 radical (unpaired) electrons. The zero-order valence-electron chi connectivity index (χ0n) is 17.6. The Morgan fingerprint density at radius 1 is 0.926 bits per heavy atom. The molecule has 150 valence electrons. The molecule has 2 atom stereocenters. The lowest BCUT2D eigenvalue weighted by molar-refractivity contribution is -0.160. The van der Waals surface area contributed by atoms with Crippen LogP contribution in [0.15, 0.2) is 12.1 Å². The number of esters is 1. The molecule has 1 saturated carbocycles. The molecule has 1 aliphatic heterocycles. The molecule has 1 aromatic rings. The molecule has 1 saturated heterocycles. The number of aryl methyl sites for hydroxylation is 1. The van der Waals surface area contributed by atoms with E-state index >= 15 is 0 Å². The Bertz CT molecular complexity index is 643. The van der Waals surface area contributed by atoms with Crippen molar-refractivity contribution in [2.24, 2.45) is 17.8 Å². The van der Waals surface area contributed by atoms with Crippen LogP contribution in [0.3, 0.4) is 0 Å². The van der Waals surface area contributed by atoms with E-state index in [1.807, 2.05) is 6.92 Å². The number of ether oxygens (including phenoxy) is 2. The van der Waals surface area contributed by atoms with Crippen molar-refractivity contribution in [3.8, 4) is 5.75 Å². The number of rotatable bonds is 6. The van der Waals surface area contributed by atoms with Gasteiger partial charge in [-0.25, -0.2) is 0 Å². The Morgan fingerprint density at radius 3 is 2.33 bits per heavy atom. The van der Waals surface area contributed by atoms with Crippen LogP contribution in [0, 0.1) is 38.5 Å². The predicted molar refractivity (Wildman–Crippen MR) is 109 cm³/mol. The lowest BCUT2D eigenvalue weighted by Gasteiger charge is -2.31. The van der Waals surface area contributed by atoms with Gasteiger partial charge >= 0.3 is 5.97 Å². The molecule has 1 heterocycles. The Hall–Kier alpha value is -1.51. The van der Waals surface area contributed by atoms with Gasteiger partial charge in [0.1, 0.15) is 11.9 Å². The van der Waals surface area contributed by atoms with Crippen LogP contribution in [0.25, 0.3) is 0 Å². The van der Waals surface area contributed by atoms with Gasteiger partial charge < -0.3 is 9.47 Å². The number of hydrogen-bond donors (Lipinski definition) is 0. The summed E-state index contributed by atoms with van der Waals surface area (Å²) in [5.41, 5.74) is 3.95. The van der Waals surface area contributed by atoms with Gasteiger partial charge in [-0.3, -0.25) is 4.79 Å². The summed E-state index contributed by atoms with van der Waals surface area (Å²) in [5, 5.41) is 0. The molecule has 0 amide bonds. The number of hydrogen-bond acceptors (Lipinski definition) is 3. The molecule has 3 nitrogen and oxygen atoms in total. The third-order valence-corrected chi connectivity index (χ3v) is 6.95. The summed E-state index contributed by atoms with van der Waals surface area (Å²) in [7, 11) is 0. The normalized spacial score (nSPS) is 28.7. The summed E-state index contributed by atoms with van der Waals surface area (Å²) in [6, 6.07) is 4.28. The van der Waals surface area contributed by atoms with Crippen LogP contribution in [-0.4, -0.2) is 18.7 Å². The van der Waals surface area contributed by atoms with Crippen molar-refractivity contribution in [1.29, 1.82) is 0 Å². The highest BCUT2D eigenvalue weighted by Crippen LogP contribution is 2.34. The van der Waals surface area contributed by atoms with E-state index in [9.17, 15) is 4.79 Å². The zero-order valence-corrected chi connectivity index (χ0v) is 17.6. The highest BCUT2D eigenvalue weighted by atomic mass is 16.5. The zero-order chi connectivity index (χ0) is 19.4. The van der Waals surface area contributed by atoms with Gasteiger partial charge in [0, 0.05) is 0 Å². The standard InChI is InChI=1S/C24H36O3/c1-16-6-14-23(19(4)18(16)3)26-15-21-9-7-20(8-10-21)11-13-22-12-5-17(2)24(25)27-22/h6,14,17,20-22H,5,7-13,15H2,1-4H3. The van der Waals surface area contributed by atoms with Crippen molar-refractivity contribution in [2.75, 3.05) is 6.61 Å². The maximum atomic E-state index is 11.7. The first-order chi connectivity index (χ1) is 12.9. The average Bonchev–Trinajstić information content (AvgIpc) is 2.67. The van der Waals surface area contributed by atoms with E-state index < -0.39 is 0 Å². The van der Waals surface area contributed by atoms with Crippen LogP contribution in [0.4, 0.5) is 0 Å². The number of benzene rings is 1. The lowest BCUT2D eigenvalue weighted by Crippen LogP contribution is -2.30. The molecule has 2 unspecified atom stereocenters. The molecular weight excluding hydrogens is 336 g/mol. The van der Waals surface area contributed by atoms with Crippen LogP contribution in [0.1, 0.15) is 75.0 Å². The first-order valence-corrected chi connectivity index (χ1v) is 10.8. The summed E-state index contributed by atoms with van der Waals surface area (Å²) in [6.07, 6.45) is 9.56. The number of cyclic esters (lactones) is 1. The second kappa shape index (κ2) is 9.12. The molecule has 0 aromatic heterocycles. The summed E-state index contributed by atoms with van der Waals surface area (Å²) >= 11 is 0. The molecule has 27 heavy (non-hydrogen) atoms. The van der Waals surface area contributed by atoms with Crippen LogP contribution in [0.5, 0.6) is 5.75 Å². The molecule has 3 rings (SSSR count). The van der Waals surface area contributed by atoms with Gasteiger partial charge in [-0.1, -0.05) is 25.8 Å². The van der Waals surface area contributed by atoms with Crippen molar-refractivity contribution in [2.45, 2.75) is 85.2 Å². The molecule has 3 heteroatoms. The minimum Gasteiger partial charge on any atom is -0.493 e. The van der Waals surface area contributed by atoms with Gasteiger partial charge in [-0.2, -0.15) is 0 Å². The molecule has 1 aliphatic carbocycles. The second-order valence-electron chi connectivity index (χ2n) is 8.94. The van der Waals surface area contributed by atoms with E-state index in [1.54, 1.807) is 0 Å². The van der Waals surface area contributed by atoms with Gasteiger partial charge in [-0.05, 0) is 93.9 Å². The Labute approximate surface area is 164 Å². The fourth-order valence-corrected chi connectivity index (χ4v) is 4.50. The molecule has 2 aliphatic rings. The van der Waals surface area contributed by atoms with Crippen molar-refractivity contribution in [3.63, 3.8) is 0 Å². The summed E-state index contributed by atoms with van der Waals surface area (Å²) < 4.78 is 11.7. The minimum atomic E-state index is 0.00810. The Balaban J connectivity index is 1.37. The molecule has 0 bridgehead atoms. The fourth-order valence-electron chi connectivity index (χ4n) is 4.50. The van der Waals surface area contributed by atoms with E-state index in [0.29, 0.717) is 5.92 Å². The average molecular weight is 373 g/mol. The maximum absolute atomic E-state index is 11.7. The maximum Gasteiger partial charge on any atom is 0.308 e. The third kappa shape index (κ3) is 5.27. The molecule has 0 spiro atoms. The van der Waals surface area contributed by atoms with E-state index in [4.69, 9.17) is 9.47 Å². The van der Waals surface area contributed by atoms with Crippen LogP contribution < -0.4 is 4.74 Å². The van der Waals surface area contributed by atoms with Crippen molar-refractivity contribution in [3.05, 3.63) is 28.8 Å². The summed E-state index contributed by atoms with van der Waals surface area (Å²) in [5.74, 6) is 2.62. The van der Waals surface area contributed by atoms with Gasteiger partial charge in [-0.15, -0.1) is 0 Å². The quantitative estimate of drug-likeness (QED) is 0.582. The third-order valence-electron chi connectivity index (χ3n) is 6.95. The van der Waals surface area contributed by atoms with E-state index in [0.717, 1.165) is 37.5 Å². The van der Waals surface area contributed by atoms with E-state index in [-0.39, 0.29) is 18.0 Å². The topological polar surface area (TPSA) is 35.5 Å². The molecular formula is C24H36O3. The Kier molecular flexibility index (Phi) is 6.83. The number of carbonyl (C=O) groups is 1. The van der Waals surface area contributed by atoms with Crippen molar-refractivity contribution in [1.82, 2.24) is 0 Å². The van der Waals surface area contributed by atoms with Gasteiger partial charge in [0.2, 0.25) is 0 Å². The van der Waals surface area contributed by atoms with Crippen molar-refractivity contribution >= 4 is 5.97 Å². The number of carbonyl (C=O) groups excluding carboxylic acids is 1. The molecule has 1 aromatic carbocycles. The van der Waals surface area contributed by atoms with Crippen LogP contribution in [0.2, 0.25) is 0 Å². The Morgan fingerprint density at radius 2 is 1.63 bits per heavy atom. The summed E-state index contributed by atoms with van der Waals surface area (Å²) in [6.45, 7) is 9.30. The van der Waals surface area contributed by atoms with Gasteiger partial charge in [0.15, 0.2) is 0 Å². The first kappa shape index (κ1) is 20.2. The van der Waals surface area contributed by atoms with Crippen LogP contribution in [-0.2, 0) is 9.53 Å². The molecule has 2 fully saturated rings. The molecule has 0 N–H and O–H groups in total. The van der Waals surface area contributed by atoms with E-state index in [2.05, 4.69) is 32.9 Å². The van der Waals surface area contributed by atoms with Crippen LogP contribution >= 0.6 is 0 Å². The highest BCUT2D eigenvalue weighted by molar-refractivity contribution is 5.72. The lowest BCUT2D eigenvalue weighted by atomic mass is 9.79.